The van der Waals surface area contributed by atoms with Crippen LogP contribution in [0, 0.1) is 27.8 Å². The zero-order valence-electron chi connectivity index (χ0n) is 11.4. The highest BCUT2D eigenvalue weighted by molar-refractivity contribution is 6.18. The molecule has 0 heterocycles. The molecule has 114 valence electrons. The summed E-state index contributed by atoms with van der Waals surface area (Å²) in [4.78, 5) is 21.8. The largest absolute Gasteiger partial charge is 0.352 e. The molecule has 1 aliphatic carbocycles. The van der Waals surface area contributed by atoms with Crippen LogP contribution in [-0.2, 0) is 0 Å². The molecule has 0 bridgehead atoms. The molecule has 1 saturated carbocycles. The Balaban J connectivity index is 1.99. The van der Waals surface area contributed by atoms with E-state index in [1.165, 1.54) is 0 Å². The lowest BCUT2D eigenvalue weighted by atomic mass is 9.98. The SMILES string of the molecule is O=C(NCC1CCCC1CCl)c1ccc([N+](=O)[O-])cc1F. The lowest BCUT2D eigenvalue weighted by Crippen LogP contribution is -2.31. The van der Waals surface area contributed by atoms with E-state index in [1.807, 2.05) is 0 Å². The molecule has 21 heavy (non-hydrogen) atoms. The average Bonchev–Trinajstić information content (AvgIpc) is 2.91. The predicted molar refractivity (Wildman–Crippen MR) is 76.9 cm³/mol. The van der Waals surface area contributed by atoms with Crippen molar-refractivity contribution >= 4 is 23.2 Å². The highest BCUT2D eigenvalue weighted by Gasteiger charge is 2.27. The number of alkyl halides is 1. The van der Waals surface area contributed by atoms with Crippen LogP contribution in [0.4, 0.5) is 10.1 Å². The first-order valence-corrected chi connectivity index (χ1v) is 7.34. The number of carbonyl (C=O) groups is 1. The first-order chi connectivity index (χ1) is 10.0. The van der Waals surface area contributed by atoms with Gasteiger partial charge in [0, 0.05) is 18.5 Å². The van der Waals surface area contributed by atoms with Crippen LogP contribution in [0.15, 0.2) is 18.2 Å². The van der Waals surface area contributed by atoms with Gasteiger partial charge in [0.15, 0.2) is 0 Å². The second-order valence-electron chi connectivity index (χ2n) is 5.24. The fourth-order valence-corrected chi connectivity index (χ4v) is 3.11. The molecular formula is C14H16ClFN2O3. The van der Waals surface area contributed by atoms with Crippen molar-refractivity contribution in [3.8, 4) is 0 Å². The number of benzene rings is 1. The number of hydrogen-bond donors (Lipinski definition) is 1. The summed E-state index contributed by atoms with van der Waals surface area (Å²) in [5, 5.41) is 13.2. The van der Waals surface area contributed by atoms with E-state index in [-0.39, 0.29) is 11.3 Å². The minimum absolute atomic E-state index is 0.180. The van der Waals surface area contributed by atoms with Crippen LogP contribution < -0.4 is 5.32 Å². The summed E-state index contributed by atoms with van der Waals surface area (Å²) in [7, 11) is 0. The molecule has 2 unspecified atom stereocenters. The number of halogens is 2. The van der Waals surface area contributed by atoms with Gasteiger partial charge >= 0.3 is 0 Å². The standard InChI is InChI=1S/C14H16ClFN2O3/c15-7-9-2-1-3-10(9)8-17-14(19)12-5-4-11(18(20)21)6-13(12)16/h4-6,9-10H,1-3,7-8H2,(H,17,19). The number of amides is 1. The summed E-state index contributed by atoms with van der Waals surface area (Å²) >= 11 is 5.87. The normalized spacial score (nSPS) is 21.2. The van der Waals surface area contributed by atoms with Crippen molar-refractivity contribution in [1.29, 1.82) is 0 Å². The third kappa shape index (κ3) is 3.69. The predicted octanol–water partition coefficient (Wildman–Crippen LogP) is 3.12. The monoisotopic (exact) mass is 314 g/mol. The van der Waals surface area contributed by atoms with Crippen molar-refractivity contribution in [3.63, 3.8) is 0 Å². The maximum Gasteiger partial charge on any atom is 0.272 e. The smallest absolute Gasteiger partial charge is 0.272 e. The molecule has 0 aliphatic heterocycles. The number of hydrogen-bond acceptors (Lipinski definition) is 3. The minimum atomic E-state index is -0.887. The number of nitrogens with one attached hydrogen (secondary N) is 1. The highest BCUT2D eigenvalue weighted by atomic mass is 35.5. The van der Waals surface area contributed by atoms with Crippen LogP contribution >= 0.6 is 11.6 Å². The molecule has 1 N–H and O–H groups in total. The number of carbonyl (C=O) groups excluding carboxylic acids is 1. The molecule has 0 spiro atoms. The molecule has 1 aliphatic rings. The van der Waals surface area contributed by atoms with Gasteiger partial charge in [0.25, 0.3) is 11.6 Å². The first kappa shape index (κ1) is 15.7. The Bertz CT molecular complexity index is 553. The van der Waals surface area contributed by atoms with E-state index in [4.69, 9.17) is 11.6 Å². The Labute approximate surface area is 126 Å². The maximum atomic E-state index is 13.7. The molecule has 0 saturated heterocycles. The third-order valence-electron chi connectivity index (χ3n) is 3.95. The molecule has 1 amide bonds. The number of nitro groups is 1. The zero-order valence-corrected chi connectivity index (χ0v) is 12.1. The quantitative estimate of drug-likeness (QED) is 0.515. The molecule has 5 nitrogen and oxygen atoms in total. The topological polar surface area (TPSA) is 72.2 Å². The van der Waals surface area contributed by atoms with Crippen molar-refractivity contribution in [3.05, 3.63) is 39.7 Å². The van der Waals surface area contributed by atoms with E-state index in [9.17, 15) is 19.3 Å². The van der Waals surface area contributed by atoms with Gasteiger partial charge in [-0.2, -0.15) is 0 Å². The Morgan fingerprint density at radius 2 is 2.14 bits per heavy atom. The van der Waals surface area contributed by atoms with E-state index < -0.39 is 16.6 Å². The Hall–Kier alpha value is -1.69. The summed E-state index contributed by atoms with van der Waals surface area (Å²) < 4.78 is 13.7. The number of nitrogens with zero attached hydrogens (tertiary/aromatic N) is 1. The maximum absolute atomic E-state index is 13.7. The summed E-state index contributed by atoms with van der Waals surface area (Å²) in [6, 6.07) is 3.01. The van der Waals surface area contributed by atoms with Crippen LogP contribution in [0.2, 0.25) is 0 Å². The van der Waals surface area contributed by atoms with Crippen molar-refractivity contribution in [2.24, 2.45) is 11.8 Å². The van der Waals surface area contributed by atoms with Crippen LogP contribution in [0.1, 0.15) is 29.6 Å². The van der Waals surface area contributed by atoms with E-state index in [0.29, 0.717) is 24.3 Å². The summed E-state index contributed by atoms with van der Waals surface area (Å²) in [5.74, 6) is -0.183. The van der Waals surface area contributed by atoms with Gasteiger partial charge in [-0.1, -0.05) is 6.42 Å². The van der Waals surface area contributed by atoms with E-state index in [2.05, 4.69) is 5.32 Å². The van der Waals surface area contributed by atoms with Crippen molar-refractivity contribution in [1.82, 2.24) is 5.32 Å². The van der Waals surface area contributed by atoms with Gasteiger partial charge in [0.1, 0.15) is 5.82 Å². The van der Waals surface area contributed by atoms with Gasteiger partial charge in [-0.25, -0.2) is 4.39 Å². The molecule has 1 aromatic carbocycles. The van der Waals surface area contributed by atoms with Gasteiger partial charge in [-0.3, -0.25) is 14.9 Å². The number of non-ortho nitro benzene ring substituents is 1. The molecule has 7 heteroatoms. The third-order valence-corrected chi connectivity index (χ3v) is 4.34. The average molecular weight is 315 g/mol. The Morgan fingerprint density at radius 3 is 2.76 bits per heavy atom. The molecule has 2 rings (SSSR count). The van der Waals surface area contributed by atoms with Gasteiger partial charge in [-0.15, -0.1) is 11.6 Å². The minimum Gasteiger partial charge on any atom is -0.352 e. The van der Waals surface area contributed by atoms with Crippen molar-refractivity contribution < 1.29 is 14.1 Å². The molecule has 1 fully saturated rings. The second-order valence-corrected chi connectivity index (χ2v) is 5.55. The number of nitro benzene ring substituents is 1. The summed E-state index contributed by atoms with van der Waals surface area (Å²) in [6.07, 6.45) is 3.14. The highest BCUT2D eigenvalue weighted by Crippen LogP contribution is 2.32. The summed E-state index contributed by atoms with van der Waals surface area (Å²) in [5.41, 5.74) is -0.553. The Kier molecular flexibility index (Phi) is 5.12. The van der Waals surface area contributed by atoms with Crippen LogP contribution in [-0.4, -0.2) is 23.3 Å². The lowest BCUT2D eigenvalue weighted by molar-refractivity contribution is -0.385. The Morgan fingerprint density at radius 1 is 1.43 bits per heavy atom. The molecule has 1 aromatic rings. The molecular weight excluding hydrogens is 299 g/mol. The van der Waals surface area contributed by atoms with Crippen molar-refractivity contribution in [2.45, 2.75) is 19.3 Å². The van der Waals surface area contributed by atoms with Gasteiger partial charge < -0.3 is 5.32 Å². The van der Waals surface area contributed by atoms with E-state index >= 15 is 0 Å². The van der Waals surface area contributed by atoms with Gasteiger partial charge in [-0.05, 0) is 30.7 Å². The van der Waals surface area contributed by atoms with Crippen molar-refractivity contribution in [2.75, 3.05) is 12.4 Å². The second kappa shape index (κ2) is 6.85. The number of rotatable bonds is 5. The zero-order chi connectivity index (χ0) is 15.4. The van der Waals surface area contributed by atoms with E-state index in [1.54, 1.807) is 0 Å². The summed E-state index contributed by atoms with van der Waals surface area (Å²) in [6.45, 7) is 0.451. The van der Waals surface area contributed by atoms with E-state index in [0.717, 1.165) is 37.5 Å². The fraction of sp³-hybridized carbons (Fsp3) is 0.500. The van der Waals surface area contributed by atoms with Gasteiger partial charge in [0.05, 0.1) is 16.6 Å². The first-order valence-electron chi connectivity index (χ1n) is 6.81. The molecule has 2 atom stereocenters. The van der Waals surface area contributed by atoms with Gasteiger partial charge in [0.2, 0.25) is 0 Å². The molecule has 0 aromatic heterocycles. The molecule has 0 radical (unpaired) electrons. The lowest BCUT2D eigenvalue weighted by Gasteiger charge is -2.17. The fourth-order valence-electron chi connectivity index (χ4n) is 2.71. The van der Waals surface area contributed by atoms with Crippen LogP contribution in [0.25, 0.3) is 0 Å². The van der Waals surface area contributed by atoms with Crippen LogP contribution in [0.3, 0.4) is 0 Å². The van der Waals surface area contributed by atoms with Crippen LogP contribution in [0.5, 0.6) is 0 Å².